The second kappa shape index (κ2) is 7.77. The lowest BCUT2D eigenvalue weighted by Crippen LogP contribution is -2.50. The number of aromatic nitrogens is 3. The van der Waals surface area contributed by atoms with E-state index >= 15 is 0 Å². The summed E-state index contributed by atoms with van der Waals surface area (Å²) in [6, 6.07) is 14.5. The summed E-state index contributed by atoms with van der Waals surface area (Å²) >= 11 is 0. The molecular weight excluding hydrogens is 358 g/mol. The zero-order valence-corrected chi connectivity index (χ0v) is 15.5. The molecule has 2 aromatic carbocycles. The number of benzene rings is 2. The zero-order valence-electron chi connectivity index (χ0n) is 15.5. The van der Waals surface area contributed by atoms with Crippen LogP contribution in [0.3, 0.4) is 0 Å². The van der Waals surface area contributed by atoms with Gasteiger partial charge >= 0.3 is 0 Å². The van der Waals surface area contributed by atoms with Crippen LogP contribution in [0.4, 0.5) is 0 Å². The number of piperazine rings is 1. The third kappa shape index (κ3) is 3.34. The van der Waals surface area contributed by atoms with Crippen LogP contribution in [0.25, 0.3) is 10.9 Å². The smallest absolute Gasteiger partial charge is 0.278 e. The molecule has 1 amide bonds. The number of ether oxygens (including phenoxy) is 1. The molecule has 1 aliphatic rings. The number of hydrogen-bond donors (Lipinski definition) is 1. The molecule has 28 heavy (non-hydrogen) atoms. The van der Waals surface area contributed by atoms with E-state index in [1.807, 2.05) is 24.3 Å². The van der Waals surface area contributed by atoms with Gasteiger partial charge < -0.3 is 15.0 Å². The number of rotatable bonds is 4. The van der Waals surface area contributed by atoms with E-state index in [2.05, 4.69) is 15.6 Å². The van der Waals surface area contributed by atoms with Crippen molar-refractivity contribution in [3.8, 4) is 5.75 Å². The van der Waals surface area contributed by atoms with E-state index in [0.717, 1.165) is 16.0 Å². The van der Waals surface area contributed by atoms with Gasteiger partial charge in [-0.05, 0) is 18.2 Å². The van der Waals surface area contributed by atoms with Gasteiger partial charge in [0.2, 0.25) is 5.91 Å². The molecule has 1 saturated heterocycles. The van der Waals surface area contributed by atoms with E-state index in [1.165, 1.54) is 0 Å². The Morgan fingerprint density at radius 2 is 2.00 bits per heavy atom. The highest BCUT2D eigenvalue weighted by molar-refractivity contribution is 5.79. The standard InChI is InChI=1S/C20H21N5O3/c1-28-18-9-5-3-7-15(18)17-12-21-10-11-24(17)19(26)13-25-20(27)14-6-2-4-8-16(14)22-23-25/h2-9,17,21H,10-13H2,1H3. The highest BCUT2D eigenvalue weighted by atomic mass is 16.5. The largest absolute Gasteiger partial charge is 0.496 e. The number of carbonyl (C=O) groups excluding carboxylic acids is 1. The van der Waals surface area contributed by atoms with E-state index in [1.54, 1.807) is 36.3 Å². The van der Waals surface area contributed by atoms with Gasteiger partial charge in [0.1, 0.15) is 17.8 Å². The van der Waals surface area contributed by atoms with Crippen molar-refractivity contribution in [2.45, 2.75) is 12.6 Å². The summed E-state index contributed by atoms with van der Waals surface area (Å²) < 4.78 is 6.60. The van der Waals surface area contributed by atoms with E-state index in [-0.39, 0.29) is 24.1 Å². The first-order chi connectivity index (χ1) is 13.7. The van der Waals surface area contributed by atoms with Crippen LogP contribution in [-0.2, 0) is 11.3 Å². The molecule has 8 nitrogen and oxygen atoms in total. The van der Waals surface area contributed by atoms with Crippen LogP contribution in [0.15, 0.2) is 53.3 Å². The monoisotopic (exact) mass is 379 g/mol. The Morgan fingerprint density at radius 3 is 2.86 bits per heavy atom. The Labute approximate surface area is 161 Å². The number of fused-ring (bicyclic) bond motifs is 1. The minimum absolute atomic E-state index is 0.150. The highest BCUT2D eigenvalue weighted by Gasteiger charge is 2.30. The summed E-state index contributed by atoms with van der Waals surface area (Å²) in [5.74, 6) is 0.556. The fourth-order valence-corrected chi connectivity index (χ4v) is 3.57. The molecule has 1 aromatic heterocycles. The summed E-state index contributed by atoms with van der Waals surface area (Å²) in [4.78, 5) is 27.5. The van der Waals surface area contributed by atoms with Gasteiger partial charge in [-0.1, -0.05) is 35.5 Å². The predicted molar refractivity (Wildman–Crippen MR) is 104 cm³/mol. The van der Waals surface area contributed by atoms with Gasteiger partial charge in [-0.25, -0.2) is 4.68 Å². The predicted octanol–water partition coefficient (Wildman–Crippen LogP) is 0.973. The Balaban J connectivity index is 1.63. The second-order valence-corrected chi connectivity index (χ2v) is 6.62. The van der Waals surface area contributed by atoms with E-state index in [9.17, 15) is 9.59 Å². The second-order valence-electron chi connectivity index (χ2n) is 6.62. The SMILES string of the molecule is COc1ccccc1C1CNCCN1C(=O)Cn1nnc2ccccc2c1=O. The third-order valence-corrected chi connectivity index (χ3v) is 4.98. The number of amides is 1. The molecular formula is C20H21N5O3. The molecule has 1 aliphatic heterocycles. The molecule has 0 bridgehead atoms. The van der Waals surface area contributed by atoms with Gasteiger partial charge in [-0.15, -0.1) is 5.10 Å². The summed E-state index contributed by atoms with van der Waals surface area (Å²) in [5.41, 5.74) is 1.13. The number of nitrogens with zero attached hydrogens (tertiary/aromatic N) is 4. The lowest BCUT2D eigenvalue weighted by atomic mass is 10.0. The van der Waals surface area contributed by atoms with Gasteiger partial charge in [-0.3, -0.25) is 9.59 Å². The van der Waals surface area contributed by atoms with Gasteiger partial charge in [0.15, 0.2) is 0 Å². The molecule has 0 spiro atoms. The van der Waals surface area contributed by atoms with E-state index in [4.69, 9.17) is 4.74 Å². The molecule has 1 atom stereocenters. The van der Waals surface area contributed by atoms with Crippen LogP contribution in [-0.4, -0.2) is 52.5 Å². The van der Waals surface area contributed by atoms with Crippen LogP contribution in [0.5, 0.6) is 5.75 Å². The van der Waals surface area contributed by atoms with Crippen molar-refractivity contribution in [3.05, 3.63) is 64.4 Å². The maximum Gasteiger partial charge on any atom is 0.278 e. The summed E-state index contributed by atoms with van der Waals surface area (Å²) in [5, 5.41) is 11.8. The number of hydrogen-bond acceptors (Lipinski definition) is 6. The van der Waals surface area contributed by atoms with Crippen molar-refractivity contribution in [1.29, 1.82) is 0 Å². The van der Waals surface area contributed by atoms with Crippen molar-refractivity contribution in [3.63, 3.8) is 0 Å². The Kier molecular flexibility index (Phi) is 5.03. The minimum atomic E-state index is -0.317. The first-order valence-corrected chi connectivity index (χ1v) is 9.14. The number of carbonyl (C=O) groups is 1. The number of methoxy groups -OCH3 is 1. The summed E-state index contributed by atoms with van der Waals surface area (Å²) in [6.45, 7) is 1.69. The van der Waals surface area contributed by atoms with Crippen LogP contribution >= 0.6 is 0 Å². The van der Waals surface area contributed by atoms with Crippen LogP contribution < -0.4 is 15.6 Å². The third-order valence-electron chi connectivity index (χ3n) is 4.98. The summed E-state index contributed by atoms with van der Waals surface area (Å²) in [6.07, 6.45) is 0. The summed E-state index contributed by atoms with van der Waals surface area (Å²) in [7, 11) is 1.62. The van der Waals surface area contributed by atoms with Crippen LogP contribution in [0.1, 0.15) is 11.6 Å². The number of para-hydroxylation sites is 1. The van der Waals surface area contributed by atoms with Crippen molar-refractivity contribution in [2.24, 2.45) is 0 Å². The van der Waals surface area contributed by atoms with Gasteiger partial charge in [0.25, 0.3) is 5.56 Å². The van der Waals surface area contributed by atoms with Crippen molar-refractivity contribution in [2.75, 3.05) is 26.7 Å². The highest BCUT2D eigenvalue weighted by Crippen LogP contribution is 2.30. The molecule has 0 aliphatic carbocycles. The van der Waals surface area contributed by atoms with E-state index < -0.39 is 0 Å². The quantitative estimate of drug-likeness (QED) is 0.727. The first kappa shape index (κ1) is 18.1. The molecule has 1 unspecified atom stereocenters. The van der Waals surface area contributed by atoms with Crippen molar-refractivity contribution in [1.82, 2.24) is 25.2 Å². The van der Waals surface area contributed by atoms with Crippen LogP contribution in [0, 0.1) is 0 Å². The van der Waals surface area contributed by atoms with Gasteiger partial charge in [0.05, 0.1) is 18.5 Å². The lowest BCUT2D eigenvalue weighted by molar-refractivity contribution is -0.135. The average Bonchev–Trinajstić information content (AvgIpc) is 2.75. The molecule has 8 heteroatoms. The molecule has 0 radical (unpaired) electrons. The van der Waals surface area contributed by atoms with E-state index in [0.29, 0.717) is 30.5 Å². The van der Waals surface area contributed by atoms with Crippen molar-refractivity contribution < 1.29 is 9.53 Å². The molecule has 144 valence electrons. The zero-order chi connectivity index (χ0) is 19.5. The molecule has 1 fully saturated rings. The Hall–Kier alpha value is -3.26. The topological polar surface area (TPSA) is 89.3 Å². The van der Waals surface area contributed by atoms with Crippen LogP contribution in [0.2, 0.25) is 0 Å². The first-order valence-electron chi connectivity index (χ1n) is 9.14. The fraction of sp³-hybridized carbons (Fsp3) is 0.300. The molecule has 3 aromatic rings. The van der Waals surface area contributed by atoms with Gasteiger partial charge in [0, 0.05) is 25.2 Å². The normalized spacial score (nSPS) is 16.9. The molecule has 2 heterocycles. The average molecular weight is 379 g/mol. The maximum atomic E-state index is 13.1. The minimum Gasteiger partial charge on any atom is -0.496 e. The number of nitrogens with one attached hydrogen (secondary N) is 1. The maximum absolute atomic E-state index is 13.1. The molecule has 0 saturated carbocycles. The molecule has 4 rings (SSSR count). The fourth-order valence-electron chi connectivity index (χ4n) is 3.57. The Morgan fingerprint density at radius 1 is 1.21 bits per heavy atom. The Bertz CT molecular complexity index is 1060. The lowest BCUT2D eigenvalue weighted by Gasteiger charge is -2.37. The van der Waals surface area contributed by atoms with Gasteiger partial charge in [-0.2, -0.15) is 0 Å². The molecule has 1 N–H and O–H groups in total. The van der Waals surface area contributed by atoms with Crippen molar-refractivity contribution >= 4 is 16.8 Å².